The Hall–Kier alpha value is -2.44. The molecule has 6 nitrogen and oxygen atoms in total. The molecule has 1 aliphatic heterocycles. The molecular formula is C22H27ClN2O4. The van der Waals surface area contributed by atoms with Gasteiger partial charge in [0, 0.05) is 12.1 Å². The minimum absolute atomic E-state index is 0.0761. The minimum atomic E-state index is -0.208. The van der Waals surface area contributed by atoms with Crippen molar-refractivity contribution in [1.29, 1.82) is 0 Å². The fraction of sp³-hybridized carbons (Fsp3) is 0.409. The molecule has 1 amide bonds. The molecule has 0 aliphatic carbocycles. The second-order valence-corrected chi connectivity index (χ2v) is 7.35. The van der Waals surface area contributed by atoms with Crippen LogP contribution in [0.4, 0.5) is 0 Å². The summed E-state index contributed by atoms with van der Waals surface area (Å²) in [5.74, 6) is 1.44. The Morgan fingerprint density at radius 2 is 1.86 bits per heavy atom. The highest BCUT2D eigenvalue weighted by atomic mass is 35.5. The normalized spacial score (nSPS) is 15.0. The van der Waals surface area contributed by atoms with Crippen LogP contribution in [0.25, 0.3) is 0 Å². The number of halogens is 1. The van der Waals surface area contributed by atoms with Crippen LogP contribution in [0.3, 0.4) is 0 Å². The quantitative estimate of drug-likeness (QED) is 0.703. The average molecular weight is 419 g/mol. The Morgan fingerprint density at radius 1 is 1.10 bits per heavy atom. The van der Waals surface area contributed by atoms with Gasteiger partial charge in [0.15, 0.2) is 11.5 Å². The molecule has 0 saturated carbocycles. The average Bonchev–Trinajstić information content (AvgIpc) is 3.27. The summed E-state index contributed by atoms with van der Waals surface area (Å²) in [6, 6.07) is 11.3. The van der Waals surface area contributed by atoms with E-state index >= 15 is 0 Å². The zero-order valence-corrected chi connectivity index (χ0v) is 17.8. The molecule has 1 atom stereocenters. The van der Waals surface area contributed by atoms with Crippen molar-refractivity contribution in [3.05, 3.63) is 52.5 Å². The van der Waals surface area contributed by atoms with Crippen LogP contribution >= 0.6 is 11.6 Å². The Balaban J connectivity index is 1.78. The lowest BCUT2D eigenvalue weighted by Gasteiger charge is -2.28. The lowest BCUT2D eigenvalue weighted by Crippen LogP contribution is -2.36. The van der Waals surface area contributed by atoms with Gasteiger partial charge in [0.1, 0.15) is 5.75 Å². The Kier molecular flexibility index (Phi) is 7.23. The Morgan fingerprint density at radius 3 is 2.52 bits per heavy atom. The number of hydrogen-bond acceptors (Lipinski definition) is 5. The van der Waals surface area contributed by atoms with Gasteiger partial charge in [-0.2, -0.15) is 0 Å². The van der Waals surface area contributed by atoms with Gasteiger partial charge >= 0.3 is 0 Å². The summed E-state index contributed by atoms with van der Waals surface area (Å²) in [5.41, 5.74) is 1.55. The maximum atomic E-state index is 12.8. The summed E-state index contributed by atoms with van der Waals surface area (Å²) in [6.45, 7) is 2.51. The molecule has 1 fully saturated rings. The molecule has 156 valence electrons. The van der Waals surface area contributed by atoms with Crippen molar-refractivity contribution in [2.75, 3.05) is 41.0 Å². The molecule has 1 N–H and O–H groups in total. The van der Waals surface area contributed by atoms with Crippen LogP contribution in [0.5, 0.6) is 17.2 Å². The number of nitrogens with zero attached hydrogens (tertiary/aromatic N) is 1. The van der Waals surface area contributed by atoms with E-state index < -0.39 is 0 Å². The van der Waals surface area contributed by atoms with Crippen LogP contribution in [0.15, 0.2) is 36.4 Å². The fourth-order valence-corrected chi connectivity index (χ4v) is 3.99. The topological polar surface area (TPSA) is 60.0 Å². The summed E-state index contributed by atoms with van der Waals surface area (Å²) < 4.78 is 15.9. The number of likely N-dealkylation sites (tertiary alicyclic amines) is 1. The third-order valence-electron chi connectivity index (χ3n) is 5.21. The van der Waals surface area contributed by atoms with E-state index in [0.29, 0.717) is 28.6 Å². The van der Waals surface area contributed by atoms with Crippen molar-refractivity contribution < 1.29 is 19.0 Å². The van der Waals surface area contributed by atoms with E-state index in [0.717, 1.165) is 24.4 Å². The second kappa shape index (κ2) is 9.85. The molecule has 2 aromatic rings. The van der Waals surface area contributed by atoms with Gasteiger partial charge < -0.3 is 19.5 Å². The maximum Gasteiger partial charge on any atom is 0.251 e. The number of nitrogens with one attached hydrogen (secondary N) is 1. The molecule has 1 heterocycles. The van der Waals surface area contributed by atoms with Crippen molar-refractivity contribution in [3.63, 3.8) is 0 Å². The van der Waals surface area contributed by atoms with Gasteiger partial charge in [0.25, 0.3) is 5.91 Å². The molecular weight excluding hydrogens is 392 g/mol. The SMILES string of the molecule is COc1cccc(C(CNC(=O)c2cc(Cl)c(OC)c(OC)c2)N2CCCC2)c1. The number of amides is 1. The van der Waals surface area contributed by atoms with Crippen molar-refractivity contribution in [2.45, 2.75) is 18.9 Å². The molecule has 7 heteroatoms. The van der Waals surface area contributed by atoms with Crippen molar-refractivity contribution in [1.82, 2.24) is 10.2 Å². The maximum absolute atomic E-state index is 12.8. The van der Waals surface area contributed by atoms with E-state index in [4.69, 9.17) is 25.8 Å². The number of carbonyl (C=O) groups excluding carboxylic acids is 1. The third kappa shape index (κ3) is 4.95. The first-order valence-corrected chi connectivity index (χ1v) is 10.0. The first-order valence-electron chi connectivity index (χ1n) is 9.65. The summed E-state index contributed by atoms with van der Waals surface area (Å²) in [4.78, 5) is 15.2. The van der Waals surface area contributed by atoms with Crippen LogP contribution < -0.4 is 19.5 Å². The zero-order valence-electron chi connectivity index (χ0n) is 17.0. The number of rotatable bonds is 8. The molecule has 1 unspecified atom stereocenters. The van der Waals surface area contributed by atoms with Crippen molar-refractivity contribution >= 4 is 17.5 Å². The molecule has 0 spiro atoms. The lowest BCUT2D eigenvalue weighted by atomic mass is 10.0. The zero-order chi connectivity index (χ0) is 20.8. The highest BCUT2D eigenvalue weighted by Crippen LogP contribution is 2.36. The van der Waals surface area contributed by atoms with E-state index in [9.17, 15) is 4.79 Å². The molecule has 2 aromatic carbocycles. The van der Waals surface area contributed by atoms with Gasteiger partial charge in [0.2, 0.25) is 0 Å². The molecule has 29 heavy (non-hydrogen) atoms. The highest BCUT2D eigenvalue weighted by Gasteiger charge is 2.25. The van der Waals surface area contributed by atoms with Gasteiger partial charge in [0.05, 0.1) is 32.4 Å². The molecule has 3 rings (SSSR count). The number of carbonyl (C=O) groups is 1. The molecule has 1 aliphatic rings. The summed E-state index contributed by atoms with van der Waals surface area (Å²) in [6.07, 6.45) is 2.33. The highest BCUT2D eigenvalue weighted by molar-refractivity contribution is 6.32. The van der Waals surface area contributed by atoms with Crippen LogP contribution in [0, 0.1) is 0 Å². The van der Waals surface area contributed by atoms with E-state index in [-0.39, 0.29) is 11.9 Å². The van der Waals surface area contributed by atoms with E-state index in [1.807, 2.05) is 18.2 Å². The Labute approximate surface area is 176 Å². The van der Waals surface area contributed by atoms with E-state index in [2.05, 4.69) is 16.3 Å². The summed E-state index contributed by atoms with van der Waals surface area (Å²) in [5, 5.41) is 3.39. The van der Waals surface area contributed by atoms with Crippen LogP contribution in [-0.2, 0) is 0 Å². The van der Waals surface area contributed by atoms with Crippen LogP contribution in [-0.4, -0.2) is 51.8 Å². The van der Waals surface area contributed by atoms with Gasteiger partial charge in [-0.25, -0.2) is 0 Å². The largest absolute Gasteiger partial charge is 0.497 e. The van der Waals surface area contributed by atoms with Gasteiger partial charge in [-0.05, 0) is 55.8 Å². The predicted molar refractivity (Wildman–Crippen MR) is 113 cm³/mol. The number of ether oxygens (including phenoxy) is 3. The summed E-state index contributed by atoms with van der Waals surface area (Å²) >= 11 is 6.25. The summed E-state index contributed by atoms with van der Waals surface area (Å²) in [7, 11) is 4.69. The molecule has 0 radical (unpaired) electrons. The molecule has 0 bridgehead atoms. The smallest absolute Gasteiger partial charge is 0.251 e. The predicted octanol–water partition coefficient (Wildman–Crippen LogP) is 3.93. The number of methoxy groups -OCH3 is 3. The van der Waals surface area contributed by atoms with Crippen LogP contribution in [0.1, 0.15) is 34.8 Å². The van der Waals surface area contributed by atoms with Crippen molar-refractivity contribution in [3.8, 4) is 17.2 Å². The van der Waals surface area contributed by atoms with Gasteiger partial charge in [-0.15, -0.1) is 0 Å². The monoisotopic (exact) mass is 418 g/mol. The third-order valence-corrected chi connectivity index (χ3v) is 5.49. The van der Waals surface area contributed by atoms with E-state index in [1.54, 1.807) is 19.2 Å². The minimum Gasteiger partial charge on any atom is -0.497 e. The second-order valence-electron chi connectivity index (χ2n) is 6.94. The number of hydrogen-bond donors (Lipinski definition) is 1. The van der Waals surface area contributed by atoms with Gasteiger partial charge in [-0.3, -0.25) is 9.69 Å². The molecule has 1 saturated heterocycles. The lowest BCUT2D eigenvalue weighted by molar-refractivity contribution is 0.0937. The van der Waals surface area contributed by atoms with Crippen LogP contribution in [0.2, 0.25) is 5.02 Å². The molecule has 0 aromatic heterocycles. The fourth-order valence-electron chi connectivity index (χ4n) is 3.70. The van der Waals surface area contributed by atoms with Crippen molar-refractivity contribution in [2.24, 2.45) is 0 Å². The van der Waals surface area contributed by atoms with Gasteiger partial charge in [-0.1, -0.05) is 23.7 Å². The first-order chi connectivity index (χ1) is 14.1. The Bertz CT molecular complexity index is 853. The number of benzene rings is 2. The first kappa shape index (κ1) is 21.3. The standard InChI is InChI=1S/C22H27ClN2O4/c1-27-17-8-6-7-15(11-17)19(25-9-4-5-10-25)14-24-22(26)16-12-18(23)21(29-3)20(13-16)28-2/h6-8,11-13,19H,4-5,9-10,14H2,1-3H3,(H,24,26). The van der Waals surface area contributed by atoms with E-state index in [1.165, 1.54) is 27.1 Å².